The highest BCUT2D eigenvalue weighted by molar-refractivity contribution is 7.15. The van der Waals surface area contributed by atoms with Crippen molar-refractivity contribution in [3.63, 3.8) is 0 Å². The molecular weight excluding hydrogens is 394 g/mol. The van der Waals surface area contributed by atoms with Gasteiger partial charge in [-0.05, 0) is 24.6 Å². The van der Waals surface area contributed by atoms with Crippen LogP contribution in [0.15, 0.2) is 42.2 Å². The first-order chi connectivity index (χ1) is 14.1. The van der Waals surface area contributed by atoms with Crippen LogP contribution in [0.3, 0.4) is 0 Å². The molecule has 0 bridgehead atoms. The lowest BCUT2D eigenvalue weighted by atomic mass is 10.0. The zero-order chi connectivity index (χ0) is 20.8. The summed E-state index contributed by atoms with van der Waals surface area (Å²) in [5.74, 6) is 0.0915. The molecule has 2 heterocycles. The molecule has 0 saturated heterocycles. The fraction of sp³-hybridized carbons (Fsp3) is 0.200. The second kappa shape index (κ2) is 9.16. The molecule has 3 aromatic rings. The van der Waals surface area contributed by atoms with Crippen molar-refractivity contribution in [2.75, 3.05) is 26.1 Å². The number of carbonyl (C=O) groups excluding carboxylic acids is 2. The molecule has 1 aromatic carbocycles. The van der Waals surface area contributed by atoms with E-state index in [1.807, 2.05) is 0 Å². The van der Waals surface area contributed by atoms with Gasteiger partial charge in [0.25, 0.3) is 5.91 Å². The predicted octanol–water partition coefficient (Wildman–Crippen LogP) is 3.65. The Kier molecular flexibility index (Phi) is 6.40. The zero-order valence-electron chi connectivity index (χ0n) is 16.1. The Morgan fingerprint density at radius 1 is 1.14 bits per heavy atom. The standard InChI is InChI=1S/C20H19N3O5S/c1-4-28-20(25)17-13(12-5-6-15(26-2)16(9-12)27-3)11-29-19(17)23-18(24)14-10-21-7-8-22-14/h5-11H,4H2,1-3H3,(H,23,24). The molecule has 1 N–H and O–H groups in total. The number of methoxy groups -OCH3 is 2. The van der Waals surface area contributed by atoms with Gasteiger partial charge in [0.05, 0.1) is 27.0 Å². The van der Waals surface area contributed by atoms with E-state index in [9.17, 15) is 9.59 Å². The Morgan fingerprint density at radius 2 is 1.93 bits per heavy atom. The van der Waals surface area contributed by atoms with Crippen molar-refractivity contribution in [2.45, 2.75) is 6.92 Å². The molecule has 1 amide bonds. The molecule has 3 rings (SSSR count). The van der Waals surface area contributed by atoms with Crippen LogP contribution in [0.4, 0.5) is 5.00 Å². The van der Waals surface area contributed by atoms with Crippen LogP contribution in [0.1, 0.15) is 27.8 Å². The van der Waals surface area contributed by atoms with Crippen LogP contribution in [-0.2, 0) is 4.74 Å². The first-order valence-electron chi connectivity index (χ1n) is 8.67. The van der Waals surface area contributed by atoms with Crippen LogP contribution >= 0.6 is 11.3 Å². The summed E-state index contributed by atoms with van der Waals surface area (Å²) in [5.41, 5.74) is 1.75. The quantitative estimate of drug-likeness (QED) is 0.590. The molecule has 150 valence electrons. The summed E-state index contributed by atoms with van der Waals surface area (Å²) in [7, 11) is 3.08. The van der Waals surface area contributed by atoms with E-state index in [1.165, 1.54) is 37.0 Å². The summed E-state index contributed by atoms with van der Waals surface area (Å²) < 4.78 is 15.8. The second-order valence-electron chi connectivity index (χ2n) is 5.69. The molecule has 0 unspecified atom stereocenters. The Bertz CT molecular complexity index is 1020. The Balaban J connectivity index is 2.02. The summed E-state index contributed by atoms with van der Waals surface area (Å²) >= 11 is 1.22. The fourth-order valence-corrected chi connectivity index (χ4v) is 3.61. The molecule has 0 aliphatic carbocycles. The number of carbonyl (C=O) groups is 2. The van der Waals surface area contributed by atoms with Crippen molar-refractivity contribution in [3.8, 4) is 22.6 Å². The maximum atomic E-state index is 12.7. The number of thiophene rings is 1. The molecule has 0 atom stereocenters. The van der Waals surface area contributed by atoms with Crippen LogP contribution < -0.4 is 14.8 Å². The normalized spacial score (nSPS) is 10.3. The van der Waals surface area contributed by atoms with Crippen molar-refractivity contribution in [3.05, 3.63) is 53.4 Å². The maximum absolute atomic E-state index is 12.7. The highest BCUT2D eigenvalue weighted by Crippen LogP contribution is 2.39. The number of aromatic nitrogens is 2. The first-order valence-corrected chi connectivity index (χ1v) is 9.55. The minimum Gasteiger partial charge on any atom is -0.493 e. The molecule has 2 aromatic heterocycles. The molecule has 0 aliphatic heterocycles. The van der Waals surface area contributed by atoms with E-state index in [-0.39, 0.29) is 17.9 Å². The predicted molar refractivity (Wildman–Crippen MR) is 109 cm³/mol. The van der Waals surface area contributed by atoms with Crippen molar-refractivity contribution >= 4 is 28.2 Å². The molecule has 8 nitrogen and oxygen atoms in total. The van der Waals surface area contributed by atoms with E-state index in [0.717, 1.165) is 5.56 Å². The van der Waals surface area contributed by atoms with E-state index >= 15 is 0 Å². The van der Waals surface area contributed by atoms with E-state index in [2.05, 4.69) is 15.3 Å². The molecule has 0 spiro atoms. The van der Waals surface area contributed by atoms with Crippen LogP contribution in [0.2, 0.25) is 0 Å². The minimum absolute atomic E-state index is 0.142. The lowest BCUT2D eigenvalue weighted by molar-refractivity contribution is 0.0529. The fourth-order valence-electron chi connectivity index (χ4n) is 2.66. The van der Waals surface area contributed by atoms with Gasteiger partial charge in [0.15, 0.2) is 11.5 Å². The van der Waals surface area contributed by atoms with Crippen molar-refractivity contribution in [2.24, 2.45) is 0 Å². The Hall–Kier alpha value is -3.46. The van der Waals surface area contributed by atoms with Gasteiger partial charge in [-0.25, -0.2) is 9.78 Å². The third-order valence-corrected chi connectivity index (χ3v) is 4.88. The number of nitrogens with one attached hydrogen (secondary N) is 1. The Labute approximate surface area is 171 Å². The maximum Gasteiger partial charge on any atom is 0.341 e. The molecule has 0 radical (unpaired) electrons. The lowest BCUT2D eigenvalue weighted by Crippen LogP contribution is -2.16. The highest BCUT2D eigenvalue weighted by Gasteiger charge is 2.24. The first kappa shape index (κ1) is 20.3. The topological polar surface area (TPSA) is 99.6 Å². The SMILES string of the molecule is CCOC(=O)c1c(-c2ccc(OC)c(OC)c2)csc1NC(=O)c1cnccn1. The number of anilines is 1. The number of hydrogen-bond donors (Lipinski definition) is 1. The van der Waals surface area contributed by atoms with Crippen LogP contribution in [0.5, 0.6) is 11.5 Å². The van der Waals surface area contributed by atoms with Gasteiger partial charge in [0.1, 0.15) is 16.3 Å². The van der Waals surface area contributed by atoms with Gasteiger partial charge in [-0.2, -0.15) is 0 Å². The third kappa shape index (κ3) is 4.35. The van der Waals surface area contributed by atoms with Crippen LogP contribution in [-0.4, -0.2) is 42.7 Å². The van der Waals surface area contributed by atoms with Gasteiger partial charge >= 0.3 is 5.97 Å². The van der Waals surface area contributed by atoms with Crippen molar-refractivity contribution in [1.29, 1.82) is 0 Å². The third-order valence-electron chi connectivity index (χ3n) is 3.99. The van der Waals surface area contributed by atoms with Crippen molar-refractivity contribution in [1.82, 2.24) is 9.97 Å². The summed E-state index contributed by atoms with van der Waals surface area (Å²) in [4.78, 5) is 33.0. The summed E-state index contributed by atoms with van der Waals surface area (Å²) in [5, 5.41) is 4.87. The molecule has 0 saturated carbocycles. The second-order valence-corrected chi connectivity index (χ2v) is 6.57. The van der Waals surface area contributed by atoms with E-state index in [0.29, 0.717) is 22.1 Å². The molecule has 29 heavy (non-hydrogen) atoms. The van der Waals surface area contributed by atoms with Crippen LogP contribution in [0.25, 0.3) is 11.1 Å². The van der Waals surface area contributed by atoms with Crippen molar-refractivity contribution < 1.29 is 23.8 Å². The molecule has 0 fully saturated rings. The van der Waals surface area contributed by atoms with E-state index in [4.69, 9.17) is 14.2 Å². The lowest BCUT2D eigenvalue weighted by Gasteiger charge is -2.11. The van der Waals surface area contributed by atoms with Gasteiger partial charge in [-0.1, -0.05) is 6.07 Å². The molecule has 0 aliphatic rings. The number of rotatable bonds is 7. The highest BCUT2D eigenvalue weighted by atomic mass is 32.1. The monoisotopic (exact) mass is 413 g/mol. The van der Waals surface area contributed by atoms with Gasteiger partial charge < -0.3 is 19.5 Å². The minimum atomic E-state index is -0.534. The number of esters is 1. The number of nitrogens with zero attached hydrogens (tertiary/aromatic N) is 2. The average molecular weight is 413 g/mol. The van der Waals surface area contributed by atoms with E-state index in [1.54, 1.807) is 37.6 Å². The number of benzene rings is 1. The number of hydrogen-bond acceptors (Lipinski definition) is 8. The van der Waals surface area contributed by atoms with E-state index < -0.39 is 11.9 Å². The summed E-state index contributed by atoms with van der Waals surface area (Å²) in [6.45, 7) is 1.93. The number of amides is 1. The number of ether oxygens (including phenoxy) is 3. The summed E-state index contributed by atoms with van der Waals surface area (Å²) in [6.07, 6.45) is 4.24. The van der Waals surface area contributed by atoms with Gasteiger partial charge in [-0.15, -0.1) is 11.3 Å². The van der Waals surface area contributed by atoms with Crippen LogP contribution in [0, 0.1) is 0 Å². The van der Waals surface area contributed by atoms with Gasteiger partial charge in [-0.3, -0.25) is 9.78 Å². The van der Waals surface area contributed by atoms with Gasteiger partial charge in [0, 0.05) is 23.3 Å². The molecule has 9 heteroatoms. The summed E-state index contributed by atoms with van der Waals surface area (Å²) in [6, 6.07) is 5.32. The zero-order valence-corrected chi connectivity index (χ0v) is 16.9. The molecular formula is C20H19N3O5S. The Morgan fingerprint density at radius 3 is 2.59 bits per heavy atom. The largest absolute Gasteiger partial charge is 0.493 e. The average Bonchev–Trinajstić information content (AvgIpc) is 3.17. The smallest absolute Gasteiger partial charge is 0.341 e. The van der Waals surface area contributed by atoms with Gasteiger partial charge in [0.2, 0.25) is 0 Å².